The first-order valence-electron chi connectivity index (χ1n) is 10.4. The number of carbonyl (C=O) groups is 3. The second kappa shape index (κ2) is 10.5. The minimum atomic E-state index is -0.236. The summed E-state index contributed by atoms with van der Waals surface area (Å²) in [5.41, 5.74) is 0.491. The first kappa shape index (κ1) is 22.8. The van der Waals surface area contributed by atoms with Gasteiger partial charge in [-0.05, 0) is 44.0 Å². The number of carbonyl (C=O) groups excluding carboxylic acids is 3. The van der Waals surface area contributed by atoms with Crippen LogP contribution in [0.3, 0.4) is 0 Å². The Bertz CT molecular complexity index is 792. The van der Waals surface area contributed by atoms with Crippen molar-refractivity contribution in [2.24, 2.45) is 5.92 Å². The predicted molar refractivity (Wildman–Crippen MR) is 118 cm³/mol. The molecule has 7 nitrogen and oxygen atoms in total. The van der Waals surface area contributed by atoms with Crippen LogP contribution >= 0.6 is 23.2 Å². The molecule has 0 aromatic heterocycles. The van der Waals surface area contributed by atoms with Gasteiger partial charge in [0.25, 0.3) is 0 Å². The molecule has 0 spiro atoms. The zero-order valence-electron chi connectivity index (χ0n) is 17.2. The number of piperazine rings is 1. The van der Waals surface area contributed by atoms with Crippen LogP contribution in [0.5, 0.6) is 0 Å². The van der Waals surface area contributed by atoms with E-state index in [1.165, 1.54) is 0 Å². The lowest BCUT2D eigenvalue weighted by Crippen LogP contribution is -2.53. The van der Waals surface area contributed by atoms with E-state index in [2.05, 4.69) is 5.32 Å². The summed E-state index contributed by atoms with van der Waals surface area (Å²) in [6.07, 6.45) is 2.81. The third-order valence-corrected chi connectivity index (χ3v) is 5.89. The molecule has 0 radical (unpaired) electrons. The van der Waals surface area contributed by atoms with Crippen molar-refractivity contribution in [3.05, 3.63) is 28.2 Å². The Morgan fingerprint density at radius 3 is 2.33 bits per heavy atom. The van der Waals surface area contributed by atoms with Crippen LogP contribution < -0.4 is 5.32 Å². The first-order chi connectivity index (χ1) is 14.4. The number of rotatable bonds is 8. The summed E-state index contributed by atoms with van der Waals surface area (Å²) < 4.78 is 0. The molecule has 0 atom stereocenters. The molecule has 9 heteroatoms. The van der Waals surface area contributed by atoms with Gasteiger partial charge in [-0.3, -0.25) is 19.3 Å². The van der Waals surface area contributed by atoms with E-state index in [-0.39, 0.29) is 36.7 Å². The Morgan fingerprint density at radius 1 is 1.07 bits per heavy atom. The van der Waals surface area contributed by atoms with Gasteiger partial charge in [-0.25, -0.2) is 0 Å². The van der Waals surface area contributed by atoms with Crippen LogP contribution in [-0.2, 0) is 14.4 Å². The molecule has 1 N–H and O–H groups in total. The van der Waals surface area contributed by atoms with Crippen LogP contribution in [0.15, 0.2) is 18.2 Å². The zero-order chi connectivity index (χ0) is 21.7. The Balaban J connectivity index is 1.48. The van der Waals surface area contributed by atoms with Crippen LogP contribution in [0.1, 0.15) is 26.2 Å². The quantitative estimate of drug-likeness (QED) is 0.655. The SMILES string of the molecule is CCCN(CC(=O)Nc1ccc(Cl)cc1Cl)CC(=O)N1CCN(C(=O)C2CC2)CC1. The molecule has 0 unspecified atom stereocenters. The molecule has 1 aliphatic carbocycles. The second-order valence-corrected chi connectivity index (χ2v) is 8.71. The van der Waals surface area contributed by atoms with Crippen molar-refractivity contribution in [1.29, 1.82) is 0 Å². The molecule has 1 heterocycles. The Kier molecular flexibility index (Phi) is 7.97. The predicted octanol–water partition coefficient (Wildman–Crippen LogP) is 2.72. The normalized spacial score (nSPS) is 16.7. The van der Waals surface area contributed by atoms with Crippen LogP contribution in [0.25, 0.3) is 0 Å². The summed E-state index contributed by atoms with van der Waals surface area (Å²) in [4.78, 5) is 42.9. The van der Waals surface area contributed by atoms with Crippen molar-refractivity contribution in [2.45, 2.75) is 26.2 Å². The number of anilines is 1. The minimum Gasteiger partial charge on any atom is -0.339 e. The van der Waals surface area contributed by atoms with E-state index < -0.39 is 0 Å². The van der Waals surface area contributed by atoms with Crippen LogP contribution in [0, 0.1) is 5.92 Å². The Labute approximate surface area is 187 Å². The average molecular weight is 455 g/mol. The smallest absolute Gasteiger partial charge is 0.238 e. The maximum absolute atomic E-state index is 12.8. The second-order valence-electron chi connectivity index (χ2n) is 7.86. The topological polar surface area (TPSA) is 73.0 Å². The molecule has 0 bridgehead atoms. The number of hydrogen-bond acceptors (Lipinski definition) is 4. The van der Waals surface area contributed by atoms with Crippen molar-refractivity contribution >= 4 is 46.6 Å². The van der Waals surface area contributed by atoms with Gasteiger partial charge in [-0.1, -0.05) is 30.1 Å². The van der Waals surface area contributed by atoms with E-state index >= 15 is 0 Å². The number of halogens is 2. The highest BCUT2D eigenvalue weighted by molar-refractivity contribution is 6.36. The maximum atomic E-state index is 12.8. The van der Waals surface area contributed by atoms with Crippen molar-refractivity contribution in [3.63, 3.8) is 0 Å². The average Bonchev–Trinajstić information content (AvgIpc) is 3.55. The van der Waals surface area contributed by atoms with Crippen LogP contribution in [0.2, 0.25) is 10.0 Å². The molecule has 1 saturated carbocycles. The third-order valence-electron chi connectivity index (χ3n) is 5.34. The monoisotopic (exact) mass is 454 g/mol. The summed E-state index contributed by atoms with van der Waals surface area (Å²) in [6.45, 7) is 5.18. The molecule has 1 aromatic rings. The largest absolute Gasteiger partial charge is 0.339 e. The molecule has 30 heavy (non-hydrogen) atoms. The molecule has 1 aliphatic heterocycles. The standard InChI is InChI=1S/C21H28Cl2N4O3/c1-2-7-25(13-19(28)24-18-6-5-16(22)12-17(18)23)14-20(29)26-8-10-27(11-9-26)21(30)15-3-4-15/h5-6,12,15H,2-4,7-11,13-14H2,1H3,(H,24,28). The van der Waals surface area contributed by atoms with E-state index in [4.69, 9.17) is 23.2 Å². The molecular formula is C21H28Cl2N4O3. The first-order valence-corrected chi connectivity index (χ1v) is 11.2. The molecule has 3 amide bonds. The van der Waals surface area contributed by atoms with Crippen molar-refractivity contribution in [3.8, 4) is 0 Å². The number of nitrogens with zero attached hydrogens (tertiary/aromatic N) is 3. The summed E-state index contributed by atoms with van der Waals surface area (Å²) in [5.74, 6) is 0.187. The molecule has 1 aromatic carbocycles. The number of amides is 3. The van der Waals surface area contributed by atoms with E-state index in [9.17, 15) is 14.4 Å². The molecule has 164 valence electrons. The molecule has 3 rings (SSSR count). The van der Waals surface area contributed by atoms with Crippen molar-refractivity contribution in [2.75, 3.05) is 51.1 Å². The third kappa shape index (κ3) is 6.33. The van der Waals surface area contributed by atoms with Crippen molar-refractivity contribution < 1.29 is 14.4 Å². The highest BCUT2D eigenvalue weighted by Gasteiger charge is 2.35. The maximum Gasteiger partial charge on any atom is 0.238 e. The number of benzene rings is 1. The zero-order valence-corrected chi connectivity index (χ0v) is 18.7. The van der Waals surface area contributed by atoms with Gasteiger partial charge in [0, 0.05) is 37.1 Å². The van der Waals surface area contributed by atoms with E-state index in [1.807, 2.05) is 16.7 Å². The molecule has 2 fully saturated rings. The van der Waals surface area contributed by atoms with Gasteiger partial charge < -0.3 is 15.1 Å². The van der Waals surface area contributed by atoms with E-state index in [1.54, 1.807) is 23.1 Å². The van der Waals surface area contributed by atoms with Crippen molar-refractivity contribution in [1.82, 2.24) is 14.7 Å². The van der Waals surface area contributed by atoms with E-state index in [0.717, 1.165) is 19.3 Å². The Hall–Kier alpha value is -1.83. The minimum absolute atomic E-state index is 0.0145. The lowest BCUT2D eigenvalue weighted by atomic mass is 10.2. The highest BCUT2D eigenvalue weighted by atomic mass is 35.5. The number of nitrogens with one attached hydrogen (secondary N) is 1. The van der Waals surface area contributed by atoms with Crippen LogP contribution in [0.4, 0.5) is 5.69 Å². The molecule has 1 saturated heterocycles. The van der Waals surface area contributed by atoms with E-state index in [0.29, 0.717) is 48.5 Å². The van der Waals surface area contributed by atoms with Gasteiger partial charge in [-0.2, -0.15) is 0 Å². The Morgan fingerprint density at radius 2 is 1.73 bits per heavy atom. The lowest BCUT2D eigenvalue weighted by Gasteiger charge is -2.36. The summed E-state index contributed by atoms with van der Waals surface area (Å²) in [5, 5.41) is 3.64. The van der Waals surface area contributed by atoms with Crippen LogP contribution in [-0.4, -0.2) is 78.2 Å². The molecule has 2 aliphatic rings. The summed E-state index contributed by atoms with van der Waals surface area (Å²) >= 11 is 12.0. The highest BCUT2D eigenvalue weighted by Crippen LogP contribution is 2.31. The van der Waals surface area contributed by atoms with Gasteiger partial charge in [-0.15, -0.1) is 0 Å². The fourth-order valence-electron chi connectivity index (χ4n) is 3.57. The van der Waals surface area contributed by atoms with Gasteiger partial charge in [0.1, 0.15) is 0 Å². The summed E-state index contributed by atoms with van der Waals surface area (Å²) in [6, 6.07) is 4.88. The summed E-state index contributed by atoms with van der Waals surface area (Å²) in [7, 11) is 0. The van der Waals surface area contributed by atoms with Gasteiger partial charge in [0.15, 0.2) is 0 Å². The van der Waals surface area contributed by atoms with Gasteiger partial charge in [0.05, 0.1) is 23.8 Å². The fourth-order valence-corrected chi connectivity index (χ4v) is 4.03. The number of hydrogen-bond donors (Lipinski definition) is 1. The fraction of sp³-hybridized carbons (Fsp3) is 0.571. The van der Waals surface area contributed by atoms with Gasteiger partial charge in [0.2, 0.25) is 17.7 Å². The molecular weight excluding hydrogens is 427 g/mol. The lowest BCUT2D eigenvalue weighted by molar-refractivity contribution is -0.141. The van der Waals surface area contributed by atoms with Gasteiger partial charge >= 0.3 is 0 Å².